The Hall–Kier alpha value is -2.48. The second kappa shape index (κ2) is 7.60. The van der Waals surface area contributed by atoms with Crippen LogP contribution in [-0.4, -0.2) is 57.6 Å². The fourth-order valence-corrected chi connectivity index (χ4v) is 3.01. The first-order chi connectivity index (χ1) is 12.0. The van der Waals surface area contributed by atoms with E-state index in [-0.39, 0.29) is 5.69 Å². The van der Waals surface area contributed by atoms with Gasteiger partial charge < -0.3 is 10.2 Å². The van der Waals surface area contributed by atoms with Gasteiger partial charge in [-0.2, -0.15) is 0 Å². The van der Waals surface area contributed by atoms with Gasteiger partial charge in [0.15, 0.2) is 0 Å². The highest BCUT2D eigenvalue weighted by Gasteiger charge is 2.20. The van der Waals surface area contributed by atoms with Gasteiger partial charge >= 0.3 is 5.69 Å². The van der Waals surface area contributed by atoms with E-state index >= 15 is 0 Å². The molecule has 0 radical (unpaired) electrons. The number of aromatic nitrogens is 4. The summed E-state index contributed by atoms with van der Waals surface area (Å²) in [5.74, 6) is 1.77. The number of piperidine rings is 1. The molecule has 1 fully saturated rings. The Bertz CT molecular complexity index is 766. The van der Waals surface area contributed by atoms with Gasteiger partial charge in [0.05, 0.1) is 0 Å². The molecule has 0 aliphatic carbocycles. The first kappa shape index (κ1) is 17.3. The summed E-state index contributed by atoms with van der Waals surface area (Å²) >= 11 is 0. The minimum atomic E-state index is -0.200. The topological polar surface area (TPSA) is 79.2 Å². The third-order valence-electron chi connectivity index (χ3n) is 4.61. The molecule has 8 nitrogen and oxygen atoms in total. The Balaban J connectivity index is 1.54. The van der Waals surface area contributed by atoms with Gasteiger partial charge in [0.25, 0.3) is 0 Å². The van der Waals surface area contributed by atoms with Crippen LogP contribution in [0.2, 0.25) is 0 Å². The summed E-state index contributed by atoms with van der Waals surface area (Å²) in [6, 6.07) is 4.29. The fraction of sp³-hybridized carbons (Fsp3) is 0.529. The Morgan fingerprint density at radius 3 is 2.72 bits per heavy atom. The van der Waals surface area contributed by atoms with Crippen LogP contribution in [0.1, 0.15) is 18.5 Å². The van der Waals surface area contributed by atoms with E-state index in [1.165, 1.54) is 0 Å². The van der Waals surface area contributed by atoms with E-state index in [9.17, 15) is 4.79 Å². The van der Waals surface area contributed by atoms with Crippen LogP contribution in [0.3, 0.4) is 0 Å². The summed E-state index contributed by atoms with van der Waals surface area (Å²) in [7, 11) is 5.71. The molecule has 1 aliphatic rings. The van der Waals surface area contributed by atoms with Gasteiger partial charge in [-0.15, -0.1) is 0 Å². The molecule has 8 heteroatoms. The van der Waals surface area contributed by atoms with Crippen LogP contribution in [0.4, 0.5) is 11.6 Å². The predicted molar refractivity (Wildman–Crippen MR) is 97.8 cm³/mol. The van der Waals surface area contributed by atoms with E-state index in [4.69, 9.17) is 0 Å². The van der Waals surface area contributed by atoms with E-state index in [1.54, 1.807) is 24.1 Å². The molecule has 1 saturated heterocycles. The number of hydrogen-bond donors (Lipinski definition) is 1. The van der Waals surface area contributed by atoms with Gasteiger partial charge in [-0.05, 0) is 18.9 Å². The third-order valence-corrected chi connectivity index (χ3v) is 4.61. The smallest absolute Gasteiger partial charge is 0.347 e. The molecule has 1 aliphatic heterocycles. The molecule has 0 bridgehead atoms. The SMILES string of the molecule is CN(C)c1cc(NC2CCN(Cc3ccnc(=O)n3C)CC2)ncn1. The van der Waals surface area contributed by atoms with Crippen molar-refractivity contribution in [1.82, 2.24) is 24.4 Å². The van der Waals surface area contributed by atoms with E-state index < -0.39 is 0 Å². The molecule has 3 rings (SSSR count). The molecule has 0 saturated carbocycles. The highest BCUT2D eigenvalue weighted by molar-refractivity contribution is 5.47. The highest BCUT2D eigenvalue weighted by Crippen LogP contribution is 2.18. The average Bonchev–Trinajstić information content (AvgIpc) is 2.61. The van der Waals surface area contributed by atoms with E-state index in [0.29, 0.717) is 6.04 Å². The van der Waals surface area contributed by atoms with E-state index in [1.807, 2.05) is 31.1 Å². The maximum absolute atomic E-state index is 11.6. The van der Waals surface area contributed by atoms with Gasteiger partial charge in [0.1, 0.15) is 18.0 Å². The van der Waals surface area contributed by atoms with Crippen molar-refractivity contribution >= 4 is 11.6 Å². The lowest BCUT2D eigenvalue weighted by molar-refractivity contribution is 0.206. The maximum Gasteiger partial charge on any atom is 0.347 e. The third kappa shape index (κ3) is 4.33. The summed E-state index contributed by atoms with van der Waals surface area (Å²) in [4.78, 5) is 28.3. The molecule has 0 spiro atoms. The first-order valence-electron chi connectivity index (χ1n) is 8.52. The zero-order chi connectivity index (χ0) is 17.8. The average molecular weight is 343 g/mol. The quantitative estimate of drug-likeness (QED) is 0.856. The molecule has 134 valence electrons. The van der Waals surface area contributed by atoms with Gasteiger partial charge in [0.2, 0.25) is 0 Å². The van der Waals surface area contributed by atoms with Crippen molar-refractivity contribution in [2.24, 2.45) is 7.05 Å². The fourth-order valence-electron chi connectivity index (χ4n) is 3.01. The maximum atomic E-state index is 11.6. The predicted octanol–water partition coefficient (Wildman–Crippen LogP) is 0.713. The summed E-state index contributed by atoms with van der Waals surface area (Å²) < 4.78 is 1.62. The minimum absolute atomic E-state index is 0.200. The lowest BCUT2D eigenvalue weighted by Crippen LogP contribution is -2.39. The molecule has 0 aromatic carbocycles. The second-order valence-electron chi connectivity index (χ2n) is 6.63. The van der Waals surface area contributed by atoms with Crippen molar-refractivity contribution in [3.63, 3.8) is 0 Å². The van der Waals surface area contributed by atoms with Crippen LogP contribution in [0.15, 0.2) is 29.5 Å². The lowest BCUT2D eigenvalue weighted by atomic mass is 10.0. The van der Waals surface area contributed by atoms with Crippen LogP contribution in [-0.2, 0) is 13.6 Å². The van der Waals surface area contributed by atoms with Gasteiger partial charge in [-0.3, -0.25) is 9.47 Å². The zero-order valence-electron chi connectivity index (χ0n) is 15.0. The van der Waals surface area contributed by atoms with Crippen molar-refractivity contribution in [1.29, 1.82) is 0 Å². The van der Waals surface area contributed by atoms with Crippen molar-refractivity contribution in [2.75, 3.05) is 37.4 Å². The van der Waals surface area contributed by atoms with Crippen LogP contribution in [0.25, 0.3) is 0 Å². The van der Waals surface area contributed by atoms with Gasteiger partial charge in [-0.1, -0.05) is 0 Å². The molecule has 25 heavy (non-hydrogen) atoms. The van der Waals surface area contributed by atoms with Crippen molar-refractivity contribution in [3.8, 4) is 0 Å². The normalized spacial score (nSPS) is 16.0. The number of nitrogens with one attached hydrogen (secondary N) is 1. The first-order valence-corrected chi connectivity index (χ1v) is 8.52. The summed E-state index contributed by atoms with van der Waals surface area (Å²) in [6.07, 6.45) is 5.26. The molecule has 2 aromatic heterocycles. The number of rotatable bonds is 5. The highest BCUT2D eigenvalue weighted by atomic mass is 16.1. The molecule has 0 amide bonds. The van der Waals surface area contributed by atoms with Crippen molar-refractivity contribution < 1.29 is 0 Å². The second-order valence-corrected chi connectivity index (χ2v) is 6.63. The molecule has 0 unspecified atom stereocenters. The number of hydrogen-bond acceptors (Lipinski definition) is 7. The van der Waals surface area contributed by atoms with Gasteiger partial charge in [-0.25, -0.2) is 19.7 Å². The Morgan fingerprint density at radius 2 is 2.00 bits per heavy atom. The largest absolute Gasteiger partial charge is 0.367 e. The number of anilines is 2. The monoisotopic (exact) mass is 343 g/mol. The number of likely N-dealkylation sites (tertiary alicyclic amines) is 1. The summed E-state index contributed by atoms with van der Waals surface area (Å²) in [5, 5.41) is 3.51. The summed E-state index contributed by atoms with van der Waals surface area (Å²) in [5.41, 5.74) is 0.798. The number of nitrogens with zero attached hydrogens (tertiary/aromatic N) is 6. The van der Waals surface area contributed by atoms with Crippen molar-refractivity contribution in [2.45, 2.75) is 25.4 Å². The minimum Gasteiger partial charge on any atom is -0.367 e. The molecule has 2 aromatic rings. The molecule has 1 N–H and O–H groups in total. The standard InChI is InChI=1S/C17H25N7O/c1-22(2)16-10-15(19-12-20-16)21-13-5-8-24(9-6-13)11-14-4-7-18-17(25)23(14)3/h4,7,10,12-13H,5-6,8-9,11H2,1-3H3,(H,19,20,21). The summed E-state index contributed by atoms with van der Waals surface area (Å²) in [6.45, 7) is 2.75. The van der Waals surface area contributed by atoms with Gasteiger partial charge in [0, 0.05) is 64.8 Å². The Kier molecular flexibility index (Phi) is 5.28. The van der Waals surface area contributed by atoms with Crippen LogP contribution < -0.4 is 15.9 Å². The molecular formula is C17H25N7O. The zero-order valence-corrected chi connectivity index (χ0v) is 15.0. The van der Waals surface area contributed by atoms with E-state index in [0.717, 1.165) is 49.8 Å². The molecule has 0 atom stereocenters. The van der Waals surface area contributed by atoms with Crippen LogP contribution in [0, 0.1) is 0 Å². The lowest BCUT2D eigenvalue weighted by Gasteiger charge is -2.32. The van der Waals surface area contributed by atoms with Crippen LogP contribution in [0.5, 0.6) is 0 Å². The Labute approximate surface area is 147 Å². The Morgan fingerprint density at radius 1 is 1.24 bits per heavy atom. The molecule has 3 heterocycles. The van der Waals surface area contributed by atoms with Crippen molar-refractivity contribution in [3.05, 3.63) is 40.8 Å². The van der Waals surface area contributed by atoms with Crippen LogP contribution >= 0.6 is 0 Å². The molecular weight excluding hydrogens is 318 g/mol. The van der Waals surface area contributed by atoms with E-state index in [2.05, 4.69) is 25.2 Å².